The summed E-state index contributed by atoms with van der Waals surface area (Å²) in [4.78, 5) is 12.6. The highest BCUT2D eigenvalue weighted by Gasteiger charge is 2.83. The number of hydrogen-bond acceptors (Lipinski definition) is 3. The lowest BCUT2D eigenvalue weighted by atomic mass is 9.96. The first-order valence-corrected chi connectivity index (χ1v) is 9.73. The van der Waals surface area contributed by atoms with E-state index in [1.807, 2.05) is 0 Å². The maximum absolute atomic E-state index is 14.7. The van der Waals surface area contributed by atoms with Crippen LogP contribution in [-0.4, -0.2) is 30.0 Å². The molecule has 1 aromatic carbocycles. The van der Waals surface area contributed by atoms with Gasteiger partial charge in [-0.1, -0.05) is 31.5 Å². The predicted molar refractivity (Wildman–Crippen MR) is 97.3 cm³/mol. The molecule has 0 bridgehead atoms. The maximum Gasteiger partial charge on any atom is 0.362 e. The number of carbonyl (C=O) groups excluding carboxylic acids is 1. The van der Waals surface area contributed by atoms with Crippen molar-refractivity contribution in [1.29, 1.82) is 0 Å². The first-order chi connectivity index (χ1) is 15.3. The van der Waals surface area contributed by atoms with Gasteiger partial charge in [-0.3, -0.25) is 9.53 Å². The van der Waals surface area contributed by atoms with Crippen LogP contribution < -0.4 is 0 Å². The van der Waals surface area contributed by atoms with Crippen LogP contribution in [0.15, 0.2) is 12.7 Å². The minimum Gasteiger partial charge on any atom is -0.460 e. The first-order valence-electron chi connectivity index (χ1n) is 9.30. The fraction of sp³-hybridized carbons (Fsp3) is 0.550. The van der Waals surface area contributed by atoms with Crippen LogP contribution in [0.1, 0.15) is 25.0 Å². The molecule has 1 aliphatic carbocycles. The monoisotopic (exact) mass is 530 g/mol. The van der Waals surface area contributed by atoms with Gasteiger partial charge in [-0.2, -0.15) is 17.6 Å². The lowest BCUT2D eigenvalue weighted by molar-refractivity contribution is -0.309. The maximum atomic E-state index is 14.7. The fourth-order valence-corrected chi connectivity index (χ4v) is 4.10. The Bertz CT molecular complexity index is 968. The third kappa shape index (κ3) is 4.14. The second-order valence-corrected chi connectivity index (χ2v) is 8.53. The number of hydrogen-bond donors (Lipinski definition) is 0. The molecular formula is C20H17ClF10O3. The number of halogens is 11. The van der Waals surface area contributed by atoms with E-state index in [1.165, 1.54) is 0 Å². The Kier molecular flexibility index (Phi) is 7.37. The molecule has 1 aliphatic rings. The van der Waals surface area contributed by atoms with Gasteiger partial charge in [-0.05, 0) is 12.3 Å². The molecule has 0 amide bonds. The third-order valence-corrected chi connectivity index (χ3v) is 6.31. The molecule has 0 spiro atoms. The van der Waals surface area contributed by atoms with E-state index in [-0.39, 0.29) is 0 Å². The lowest BCUT2D eigenvalue weighted by Gasteiger charge is -2.27. The van der Waals surface area contributed by atoms with Gasteiger partial charge in [0.1, 0.15) is 12.0 Å². The van der Waals surface area contributed by atoms with E-state index in [9.17, 15) is 48.7 Å². The zero-order valence-electron chi connectivity index (χ0n) is 17.6. The smallest absolute Gasteiger partial charge is 0.362 e. The van der Waals surface area contributed by atoms with Crippen molar-refractivity contribution in [2.24, 2.45) is 16.7 Å². The van der Waals surface area contributed by atoms with Crippen molar-refractivity contribution in [2.45, 2.75) is 51.4 Å². The topological polar surface area (TPSA) is 35.5 Å². The van der Waals surface area contributed by atoms with E-state index in [2.05, 4.69) is 16.1 Å². The van der Waals surface area contributed by atoms with Gasteiger partial charge in [0, 0.05) is 5.56 Å². The highest BCUT2D eigenvalue weighted by atomic mass is 35.5. The van der Waals surface area contributed by atoms with Gasteiger partial charge < -0.3 is 4.74 Å². The van der Waals surface area contributed by atoms with E-state index in [1.54, 1.807) is 0 Å². The van der Waals surface area contributed by atoms with Crippen molar-refractivity contribution in [1.82, 2.24) is 0 Å². The van der Waals surface area contributed by atoms with Crippen LogP contribution in [0.4, 0.5) is 43.9 Å². The Balaban J connectivity index is 2.32. The second-order valence-electron chi connectivity index (χ2n) is 8.13. The summed E-state index contributed by atoms with van der Waals surface area (Å²) < 4.78 is 144. The lowest BCUT2D eigenvalue weighted by Crippen LogP contribution is -2.44. The average Bonchev–Trinajstić information content (AvgIpc) is 3.27. The molecule has 1 saturated carbocycles. The quantitative estimate of drug-likeness (QED) is 0.120. The van der Waals surface area contributed by atoms with Crippen LogP contribution in [0.2, 0.25) is 0 Å². The summed E-state index contributed by atoms with van der Waals surface area (Å²) >= 11 is 4.92. The van der Waals surface area contributed by atoms with Crippen molar-refractivity contribution >= 4 is 17.6 Å². The SMILES string of the molecule is C=CC1(C(=O)OCc2c(F)c(F)c(C)c(F)c2F)C(C(F)(F)OC(Cl)C(F)(F)C(F)F)C1(C)C. The van der Waals surface area contributed by atoms with Gasteiger partial charge in [0.2, 0.25) is 5.56 Å². The largest absolute Gasteiger partial charge is 0.460 e. The molecule has 3 nitrogen and oxygen atoms in total. The number of alkyl halides is 7. The van der Waals surface area contributed by atoms with Crippen molar-refractivity contribution in [3.8, 4) is 0 Å². The summed E-state index contributed by atoms with van der Waals surface area (Å²) in [6.07, 6.45) is -8.55. The molecule has 0 aliphatic heterocycles. The zero-order valence-corrected chi connectivity index (χ0v) is 18.4. The van der Waals surface area contributed by atoms with Crippen molar-refractivity contribution in [3.05, 3.63) is 47.1 Å². The molecule has 14 heteroatoms. The van der Waals surface area contributed by atoms with Gasteiger partial charge in [0.05, 0.1) is 11.5 Å². The normalized spacial score (nSPS) is 23.1. The Labute approximate surface area is 191 Å². The molecule has 1 aromatic rings. The van der Waals surface area contributed by atoms with Crippen molar-refractivity contribution in [3.63, 3.8) is 0 Å². The van der Waals surface area contributed by atoms with E-state index < -0.39 is 87.7 Å². The standard InChI is InChI=1S/C20H17ClF10O3/c1-5-18(16(32)33-6-8-11(24)9(22)7(2)10(23)12(8)25)13(17(18,3)4)20(30,31)34-14(21)19(28,29)15(26)27/h5,13-15H,1,6H2,2-4H3. The average molecular weight is 531 g/mol. The van der Waals surface area contributed by atoms with Gasteiger partial charge in [0.25, 0.3) is 0 Å². The van der Waals surface area contributed by atoms with Gasteiger partial charge in [0.15, 0.2) is 23.3 Å². The summed E-state index contributed by atoms with van der Waals surface area (Å²) in [5, 5.41) is 0. The number of benzene rings is 1. The predicted octanol–water partition coefficient (Wildman–Crippen LogP) is 6.50. The van der Waals surface area contributed by atoms with Crippen molar-refractivity contribution in [2.75, 3.05) is 0 Å². The molecule has 2 rings (SSSR count). The Hall–Kier alpha value is -2.02. The summed E-state index contributed by atoms with van der Waals surface area (Å²) in [6.45, 7) is 4.53. The molecule has 0 N–H and O–H groups in total. The molecule has 0 heterocycles. The molecular weight excluding hydrogens is 514 g/mol. The van der Waals surface area contributed by atoms with Crippen LogP contribution in [0.25, 0.3) is 0 Å². The summed E-state index contributed by atoms with van der Waals surface area (Å²) in [5.41, 5.74) is -10.2. The highest BCUT2D eigenvalue weighted by molar-refractivity contribution is 6.20. The molecule has 1 fully saturated rings. The zero-order chi connectivity index (χ0) is 26.6. The van der Waals surface area contributed by atoms with Crippen LogP contribution in [0.3, 0.4) is 0 Å². The fourth-order valence-electron chi connectivity index (χ4n) is 3.88. The van der Waals surface area contributed by atoms with Gasteiger partial charge in [-0.25, -0.2) is 26.3 Å². The first kappa shape index (κ1) is 28.2. The van der Waals surface area contributed by atoms with E-state index >= 15 is 0 Å². The van der Waals surface area contributed by atoms with Gasteiger partial charge in [-0.15, -0.1) is 6.58 Å². The highest BCUT2D eigenvalue weighted by Crippen LogP contribution is 2.75. The second kappa shape index (κ2) is 8.89. The number of ether oxygens (including phenoxy) is 2. The Morgan fingerprint density at radius 3 is 1.97 bits per heavy atom. The van der Waals surface area contributed by atoms with Crippen LogP contribution >= 0.6 is 11.6 Å². The number of rotatable bonds is 9. The van der Waals surface area contributed by atoms with E-state index in [0.29, 0.717) is 6.08 Å². The Morgan fingerprint density at radius 1 is 1.09 bits per heavy atom. The minimum atomic E-state index is -5.18. The van der Waals surface area contributed by atoms with Crippen molar-refractivity contribution < 1.29 is 58.2 Å². The van der Waals surface area contributed by atoms with Crippen LogP contribution in [0.5, 0.6) is 0 Å². The van der Waals surface area contributed by atoms with Crippen LogP contribution in [0, 0.1) is 46.9 Å². The van der Waals surface area contributed by atoms with Crippen LogP contribution in [-0.2, 0) is 20.9 Å². The molecule has 34 heavy (non-hydrogen) atoms. The summed E-state index contributed by atoms with van der Waals surface area (Å²) in [6, 6.07) is 0. The van der Waals surface area contributed by atoms with E-state index in [4.69, 9.17) is 11.6 Å². The number of carbonyl (C=O) groups is 1. The molecule has 0 saturated heterocycles. The minimum absolute atomic E-state index is 0.620. The summed E-state index contributed by atoms with van der Waals surface area (Å²) in [5.74, 6) is -16.5. The third-order valence-electron chi connectivity index (χ3n) is 5.93. The van der Waals surface area contributed by atoms with E-state index in [0.717, 1.165) is 20.8 Å². The molecule has 0 radical (unpaired) electrons. The summed E-state index contributed by atoms with van der Waals surface area (Å²) in [7, 11) is 0. The van der Waals surface area contributed by atoms with Gasteiger partial charge >= 0.3 is 24.4 Å². The Morgan fingerprint density at radius 2 is 1.56 bits per heavy atom. The molecule has 192 valence electrons. The molecule has 3 unspecified atom stereocenters. The number of esters is 1. The molecule has 0 aromatic heterocycles. The molecule has 3 atom stereocenters.